The number of nitrogens with one attached hydrogen (secondary N) is 2. The lowest BCUT2D eigenvalue weighted by Crippen LogP contribution is -2.19. The molecule has 0 aliphatic rings. The molecule has 0 fully saturated rings. The zero-order chi connectivity index (χ0) is 23.2. The highest BCUT2D eigenvalue weighted by molar-refractivity contribution is 7.22. The van der Waals surface area contributed by atoms with E-state index < -0.39 is 11.8 Å². The van der Waals surface area contributed by atoms with Crippen LogP contribution >= 0.6 is 11.3 Å². The van der Waals surface area contributed by atoms with Crippen LogP contribution in [0.2, 0.25) is 0 Å². The Hall–Kier alpha value is -3.60. The average molecular weight is 468 g/mol. The van der Waals surface area contributed by atoms with Gasteiger partial charge in [-0.15, -0.1) is 11.3 Å². The lowest BCUT2D eigenvalue weighted by Gasteiger charge is -2.09. The number of thiophene rings is 1. The third kappa shape index (κ3) is 5.61. The first-order chi connectivity index (χ1) is 16.0. The first-order valence-electron chi connectivity index (χ1n) is 10.1. The Morgan fingerprint density at radius 2 is 2.03 bits per heavy atom. The third-order valence-electron chi connectivity index (χ3n) is 4.68. The fraction of sp³-hybridized carbons (Fsp3) is 0.174. The number of rotatable bonds is 9. The van der Waals surface area contributed by atoms with Gasteiger partial charge in [-0.1, -0.05) is 6.07 Å². The molecule has 0 bridgehead atoms. The molecule has 3 aromatic heterocycles. The molecule has 0 aliphatic carbocycles. The summed E-state index contributed by atoms with van der Waals surface area (Å²) in [6.45, 7) is 2.14. The highest BCUT2D eigenvalue weighted by Crippen LogP contribution is 2.39. The predicted molar refractivity (Wildman–Crippen MR) is 126 cm³/mol. The lowest BCUT2D eigenvalue weighted by molar-refractivity contribution is 0.199. The predicted octanol–water partition coefficient (Wildman–Crippen LogP) is 4.52. The van der Waals surface area contributed by atoms with Crippen LogP contribution in [-0.2, 0) is 11.3 Å². The summed E-state index contributed by atoms with van der Waals surface area (Å²) < 4.78 is 26.1. The summed E-state index contributed by atoms with van der Waals surface area (Å²) in [5.41, 5.74) is 7.93. The van der Waals surface area contributed by atoms with Crippen molar-refractivity contribution in [1.82, 2.24) is 15.3 Å². The van der Waals surface area contributed by atoms with Crippen LogP contribution in [0.4, 0.5) is 14.9 Å². The normalized spacial score (nSPS) is 11.0. The van der Waals surface area contributed by atoms with E-state index >= 15 is 0 Å². The number of primary amides is 1. The molecule has 8 nitrogen and oxygen atoms in total. The maximum atomic E-state index is 14.5. The molecule has 0 atom stereocenters. The van der Waals surface area contributed by atoms with Crippen LogP contribution in [0, 0.1) is 5.82 Å². The van der Waals surface area contributed by atoms with Gasteiger partial charge in [-0.3, -0.25) is 9.97 Å². The Balaban J connectivity index is 1.53. The van der Waals surface area contributed by atoms with Crippen molar-refractivity contribution in [3.8, 4) is 22.1 Å². The van der Waals surface area contributed by atoms with E-state index in [-0.39, 0.29) is 11.4 Å². The number of methoxy groups -OCH3 is 1. The summed E-state index contributed by atoms with van der Waals surface area (Å²) in [6, 6.07) is 10.9. The summed E-state index contributed by atoms with van der Waals surface area (Å²) in [5.74, 6) is -0.125. The fourth-order valence-corrected chi connectivity index (χ4v) is 4.17. The van der Waals surface area contributed by atoms with Crippen molar-refractivity contribution in [3.63, 3.8) is 0 Å². The summed E-state index contributed by atoms with van der Waals surface area (Å²) in [7, 11) is 1.67. The smallest absolute Gasteiger partial charge is 0.316 e. The van der Waals surface area contributed by atoms with Crippen molar-refractivity contribution >= 4 is 33.3 Å². The summed E-state index contributed by atoms with van der Waals surface area (Å²) in [4.78, 5) is 20.8. The minimum atomic E-state index is -0.769. The molecule has 4 N–H and O–H groups in total. The number of hydrogen-bond acceptors (Lipinski definition) is 7. The van der Waals surface area contributed by atoms with E-state index in [9.17, 15) is 9.18 Å². The third-order valence-corrected chi connectivity index (χ3v) is 5.85. The van der Waals surface area contributed by atoms with E-state index in [1.54, 1.807) is 19.4 Å². The maximum Gasteiger partial charge on any atom is 0.316 e. The van der Waals surface area contributed by atoms with Crippen LogP contribution in [0.5, 0.6) is 11.5 Å². The second-order valence-corrected chi connectivity index (χ2v) is 8.14. The van der Waals surface area contributed by atoms with Gasteiger partial charge in [-0.25, -0.2) is 9.18 Å². The Morgan fingerprint density at radius 1 is 1.15 bits per heavy atom. The molecule has 10 heteroatoms. The standard InChI is InChI=1S/C23H22FN5O3S/c1-31-9-8-26-12-14-2-4-17(28-13-14)21-11-18-22(33-21)20(6-7-27-18)32-19-5-3-15(10-16(19)24)29-23(25)30/h2-7,10-11,13,26H,8-9,12H2,1H3,(H3,25,29,30). The Kier molecular flexibility index (Phi) is 7.08. The molecule has 3 heterocycles. The van der Waals surface area contributed by atoms with Gasteiger partial charge < -0.3 is 25.8 Å². The van der Waals surface area contributed by atoms with Crippen LogP contribution in [0.15, 0.2) is 54.9 Å². The van der Waals surface area contributed by atoms with Gasteiger partial charge >= 0.3 is 6.03 Å². The number of hydrogen-bond donors (Lipinski definition) is 3. The Bertz CT molecular complexity index is 1260. The number of carbonyl (C=O) groups is 1. The van der Waals surface area contributed by atoms with Crippen molar-refractivity contribution in [2.75, 3.05) is 25.6 Å². The van der Waals surface area contributed by atoms with E-state index in [0.29, 0.717) is 18.9 Å². The first kappa shape index (κ1) is 22.6. The van der Waals surface area contributed by atoms with Gasteiger partial charge in [0.1, 0.15) is 5.75 Å². The molecule has 0 unspecified atom stereocenters. The van der Waals surface area contributed by atoms with Gasteiger partial charge in [0.2, 0.25) is 0 Å². The molecule has 170 valence electrons. The molecule has 0 aliphatic heterocycles. The van der Waals surface area contributed by atoms with E-state index in [1.165, 1.54) is 23.5 Å². The SMILES string of the molecule is COCCNCc1ccc(-c2cc3nccc(Oc4ccc(NC(N)=O)cc4F)c3s2)nc1. The molecular weight excluding hydrogens is 445 g/mol. The largest absolute Gasteiger partial charge is 0.453 e. The molecule has 0 radical (unpaired) electrons. The molecular formula is C23H22FN5O3S. The van der Waals surface area contributed by atoms with E-state index in [1.807, 2.05) is 24.4 Å². The van der Waals surface area contributed by atoms with E-state index in [4.69, 9.17) is 15.2 Å². The minimum absolute atomic E-state index is 0.0240. The molecule has 0 saturated carbocycles. The summed E-state index contributed by atoms with van der Waals surface area (Å²) in [6.07, 6.45) is 3.44. The van der Waals surface area contributed by atoms with Gasteiger partial charge in [0.05, 0.1) is 27.4 Å². The van der Waals surface area contributed by atoms with Gasteiger partial charge in [-0.05, 0) is 29.8 Å². The zero-order valence-electron chi connectivity index (χ0n) is 17.8. The van der Waals surface area contributed by atoms with Crippen LogP contribution < -0.4 is 21.1 Å². The molecule has 1 aromatic carbocycles. The highest BCUT2D eigenvalue weighted by Gasteiger charge is 2.14. The second-order valence-electron chi connectivity index (χ2n) is 7.09. The number of nitrogens with two attached hydrogens (primary N) is 1. The lowest BCUT2D eigenvalue weighted by atomic mass is 10.2. The van der Waals surface area contributed by atoms with Crippen molar-refractivity contribution in [1.29, 1.82) is 0 Å². The molecule has 33 heavy (non-hydrogen) atoms. The number of ether oxygens (including phenoxy) is 2. The molecule has 0 saturated heterocycles. The van der Waals surface area contributed by atoms with Gasteiger partial charge in [-0.2, -0.15) is 0 Å². The first-order valence-corrected chi connectivity index (χ1v) is 10.9. The molecule has 0 spiro atoms. The van der Waals surface area contributed by atoms with Gasteiger partial charge in [0, 0.05) is 50.4 Å². The Morgan fingerprint density at radius 3 is 2.76 bits per heavy atom. The number of halogens is 1. The van der Waals surface area contributed by atoms with Crippen molar-refractivity contribution < 1.29 is 18.7 Å². The number of urea groups is 1. The van der Waals surface area contributed by atoms with Gasteiger partial charge in [0.15, 0.2) is 11.6 Å². The molecule has 4 aromatic rings. The fourth-order valence-electron chi connectivity index (χ4n) is 3.13. The summed E-state index contributed by atoms with van der Waals surface area (Å²) in [5, 5.41) is 5.61. The zero-order valence-corrected chi connectivity index (χ0v) is 18.6. The van der Waals surface area contributed by atoms with E-state index in [0.717, 1.165) is 39.0 Å². The van der Waals surface area contributed by atoms with Crippen LogP contribution in [0.1, 0.15) is 5.56 Å². The number of pyridine rings is 2. The number of aromatic nitrogens is 2. The monoisotopic (exact) mass is 467 g/mol. The second kappa shape index (κ2) is 10.3. The van der Waals surface area contributed by atoms with Crippen LogP contribution in [-0.4, -0.2) is 36.3 Å². The van der Waals surface area contributed by atoms with Crippen LogP contribution in [0.25, 0.3) is 20.8 Å². The minimum Gasteiger partial charge on any atom is -0.453 e. The van der Waals surface area contributed by atoms with Crippen molar-refractivity contribution in [3.05, 3.63) is 66.2 Å². The topological polar surface area (TPSA) is 111 Å². The van der Waals surface area contributed by atoms with Gasteiger partial charge in [0.25, 0.3) is 0 Å². The molecule has 2 amide bonds. The quantitative estimate of drug-likeness (QED) is 0.312. The van der Waals surface area contributed by atoms with E-state index in [2.05, 4.69) is 20.6 Å². The Labute approximate surface area is 193 Å². The highest BCUT2D eigenvalue weighted by atomic mass is 32.1. The average Bonchev–Trinajstić information content (AvgIpc) is 3.24. The number of anilines is 1. The number of fused-ring (bicyclic) bond motifs is 1. The number of amides is 2. The van der Waals surface area contributed by atoms with Crippen LogP contribution in [0.3, 0.4) is 0 Å². The van der Waals surface area contributed by atoms with Crippen molar-refractivity contribution in [2.45, 2.75) is 6.54 Å². The number of nitrogens with zero attached hydrogens (tertiary/aromatic N) is 2. The summed E-state index contributed by atoms with van der Waals surface area (Å²) >= 11 is 1.47. The molecule has 4 rings (SSSR count). The maximum absolute atomic E-state index is 14.5. The van der Waals surface area contributed by atoms with Crippen molar-refractivity contribution in [2.24, 2.45) is 5.73 Å². The number of carbonyl (C=O) groups excluding carboxylic acids is 1. The number of benzene rings is 1.